The van der Waals surface area contributed by atoms with Crippen molar-refractivity contribution in [2.45, 2.75) is 0 Å². The van der Waals surface area contributed by atoms with E-state index in [1.165, 1.54) is 32.7 Å². The first-order valence-corrected chi connectivity index (χ1v) is 12.2. The highest BCUT2D eigenvalue weighted by atomic mass is 79.9. The zero-order chi connectivity index (χ0) is 24.7. The van der Waals surface area contributed by atoms with Gasteiger partial charge in [0.25, 0.3) is 0 Å². The number of halogens is 1. The number of nitrogens with zero attached hydrogens (tertiary/aromatic N) is 2. The summed E-state index contributed by atoms with van der Waals surface area (Å²) in [5.74, 6) is 0.368. The third-order valence-corrected chi connectivity index (χ3v) is 6.27. The molecule has 173 valence electrons. The van der Waals surface area contributed by atoms with Crippen LogP contribution in [0, 0.1) is 0 Å². The number of hydrogen-bond acceptors (Lipinski definition) is 4. The van der Waals surface area contributed by atoms with Gasteiger partial charge in [0.15, 0.2) is 5.88 Å². The van der Waals surface area contributed by atoms with E-state index in [0.717, 1.165) is 15.7 Å². The highest BCUT2D eigenvalue weighted by Gasteiger charge is 2.06. The fraction of sp³-hybridized carbons (Fsp3) is 0. The third-order valence-electron chi connectivity index (χ3n) is 5.84. The summed E-state index contributed by atoms with van der Waals surface area (Å²) in [6, 6.07) is 37.0. The first kappa shape index (κ1) is 23.7. The number of rotatable bonds is 4. The van der Waals surface area contributed by atoms with Gasteiger partial charge in [0.1, 0.15) is 4.60 Å². The standard InChI is InChI=1S/C15H11BNO2.C15H10BrN/c18-16-19-15-10-12(8-9-17-15)14-7-3-5-11-4-1-2-6-13(11)14;16-15-10-12(8-9-17-15)14-7-3-5-11-4-1-2-6-13(11)14/h1-10,18H;1-10H. The van der Waals surface area contributed by atoms with Crippen LogP contribution in [0.2, 0.25) is 0 Å². The van der Waals surface area contributed by atoms with E-state index in [9.17, 15) is 0 Å². The van der Waals surface area contributed by atoms with Crippen molar-refractivity contribution in [3.8, 4) is 28.1 Å². The number of aromatic nitrogens is 2. The second-order valence-corrected chi connectivity index (χ2v) is 8.84. The normalized spacial score (nSPS) is 10.5. The Morgan fingerprint density at radius 2 is 1.14 bits per heavy atom. The Bertz CT molecular complexity index is 1630. The molecule has 0 fully saturated rings. The minimum atomic E-state index is 0.368. The van der Waals surface area contributed by atoms with Crippen LogP contribution in [0.3, 0.4) is 0 Å². The van der Waals surface area contributed by atoms with Gasteiger partial charge < -0.3 is 9.68 Å². The van der Waals surface area contributed by atoms with Crippen LogP contribution in [0.4, 0.5) is 0 Å². The first-order chi connectivity index (χ1) is 17.7. The van der Waals surface area contributed by atoms with Gasteiger partial charge in [-0.25, -0.2) is 9.97 Å². The molecule has 1 N–H and O–H groups in total. The molecular weight excluding hydrogens is 511 g/mol. The van der Waals surface area contributed by atoms with E-state index in [0.29, 0.717) is 13.6 Å². The zero-order valence-corrected chi connectivity index (χ0v) is 20.8. The first-order valence-electron chi connectivity index (χ1n) is 11.4. The largest absolute Gasteiger partial charge is 0.570 e. The second-order valence-electron chi connectivity index (χ2n) is 8.03. The molecule has 2 heterocycles. The molecule has 0 spiro atoms. The lowest BCUT2D eigenvalue weighted by Crippen LogP contribution is -2.01. The van der Waals surface area contributed by atoms with Crippen LogP contribution in [0.25, 0.3) is 43.8 Å². The third kappa shape index (κ3) is 5.30. The summed E-state index contributed by atoms with van der Waals surface area (Å²) >= 11 is 3.41. The van der Waals surface area contributed by atoms with E-state index < -0.39 is 0 Å². The van der Waals surface area contributed by atoms with Crippen molar-refractivity contribution >= 4 is 45.2 Å². The van der Waals surface area contributed by atoms with Crippen LogP contribution in [-0.2, 0) is 0 Å². The van der Waals surface area contributed by atoms with E-state index in [4.69, 9.17) is 9.68 Å². The van der Waals surface area contributed by atoms with Gasteiger partial charge in [-0.1, -0.05) is 84.9 Å². The molecule has 6 heteroatoms. The van der Waals surface area contributed by atoms with Gasteiger partial charge in [-0.2, -0.15) is 0 Å². The fourth-order valence-corrected chi connectivity index (χ4v) is 4.58. The Hall–Kier alpha value is -4.00. The van der Waals surface area contributed by atoms with Gasteiger partial charge in [0, 0.05) is 18.5 Å². The molecule has 0 amide bonds. The molecule has 4 aromatic carbocycles. The molecule has 2 aromatic heterocycles. The fourth-order valence-electron chi connectivity index (χ4n) is 4.22. The van der Waals surface area contributed by atoms with Crippen molar-refractivity contribution in [1.29, 1.82) is 0 Å². The Morgan fingerprint density at radius 1 is 0.611 bits per heavy atom. The highest BCUT2D eigenvalue weighted by molar-refractivity contribution is 9.10. The van der Waals surface area contributed by atoms with Gasteiger partial charge in [-0.05, 0) is 77.9 Å². The summed E-state index contributed by atoms with van der Waals surface area (Å²) < 4.78 is 5.76. The van der Waals surface area contributed by atoms with Gasteiger partial charge >= 0.3 is 7.69 Å². The van der Waals surface area contributed by atoms with Crippen molar-refractivity contribution in [2.24, 2.45) is 0 Å². The monoisotopic (exact) mass is 531 g/mol. The van der Waals surface area contributed by atoms with E-state index in [2.05, 4.69) is 92.6 Å². The quantitative estimate of drug-likeness (QED) is 0.189. The predicted octanol–water partition coefficient (Wildman–Crippen LogP) is 7.47. The Labute approximate surface area is 218 Å². The van der Waals surface area contributed by atoms with Crippen molar-refractivity contribution in [1.82, 2.24) is 9.97 Å². The molecule has 0 atom stereocenters. The van der Waals surface area contributed by atoms with Crippen LogP contribution < -0.4 is 4.65 Å². The summed E-state index contributed by atoms with van der Waals surface area (Å²) in [6.45, 7) is 0. The van der Waals surface area contributed by atoms with E-state index in [1.807, 2.05) is 42.6 Å². The SMILES string of the molecule is Brc1cc(-c2cccc3ccccc23)ccn1.O[B]Oc1cc(-c2cccc3ccccc23)ccn1. The average Bonchev–Trinajstić information content (AvgIpc) is 2.93. The minimum Gasteiger partial charge on any atom is -0.523 e. The van der Waals surface area contributed by atoms with Crippen LogP contribution in [0.5, 0.6) is 5.88 Å². The van der Waals surface area contributed by atoms with E-state index in [1.54, 1.807) is 12.3 Å². The Balaban J connectivity index is 0.000000149. The summed E-state index contributed by atoms with van der Waals surface area (Å²) in [5, 5.41) is 13.6. The molecule has 36 heavy (non-hydrogen) atoms. The van der Waals surface area contributed by atoms with E-state index >= 15 is 0 Å². The molecule has 0 bridgehead atoms. The number of hydrogen-bond donors (Lipinski definition) is 1. The predicted molar refractivity (Wildman–Crippen MR) is 151 cm³/mol. The summed E-state index contributed by atoms with van der Waals surface area (Å²) in [6.07, 6.45) is 3.48. The molecule has 6 rings (SSSR count). The molecule has 4 nitrogen and oxygen atoms in total. The lowest BCUT2D eigenvalue weighted by molar-refractivity contribution is 0.443. The molecule has 0 unspecified atom stereocenters. The average molecular weight is 532 g/mol. The molecule has 0 aliphatic carbocycles. The van der Waals surface area contributed by atoms with Gasteiger partial charge in [0.05, 0.1) is 0 Å². The Kier molecular flexibility index (Phi) is 7.36. The van der Waals surface area contributed by atoms with Gasteiger partial charge in [0.2, 0.25) is 0 Å². The molecule has 0 saturated carbocycles. The summed E-state index contributed by atoms with van der Waals surface area (Å²) in [7, 11) is 0.634. The molecule has 1 radical (unpaired) electrons. The maximum absolute atomic E-state index is 8.67. The lowest BCUT2D eigenvalue weighted by atomic mass is 9.99. The van der Waals surface area contributed by atoms with Crippen LogP contribution in [0.1, 0.15) is 0 Å². The van der Waals surface area contributed by atoms with Crippen molar-refractivity contribution in [3.05, 3.63) is 126 Å². The van der Waals surface area contributed by atoms with Crippen LogP contribution in [-0.4, -0.2) is 22.7 Å². The van der Waals surface area contributed by atoms with Crippen LogP contribution >= 0.6 is 15.9 Å². The topological polar surface area (TPSA) is 55.2 Å². The van der Waals surface area contributed by atoms with E-state index in [-0.39, 0.29) is 0 Å². The van der Waals surface area contributed by atoms with Crippen molar-refractivity contribution in [3.63, 3.8) is 0 Å². The van der Waals surface area contributed by atoms with Crippen LogP contribution in [0.15, 0.2) is 126 Å². The van der Waals surface area contributed by atoms with Gasteiger partial charge in [-0.15, -0.1) is 0 Å². The highest BCUT2D eigenvalue weighted by Crippen LogP contribution is 2.30. The number of pyridine rings is 2. The summed E-state index contributed by atoms with van der Waals surface area (Å²) in [4.78, 5) is 8.18. The molecule has 0 aliphatic heterocycles. The second kappa shape index (κ2) is 11.2. The molecule has 0 saturated heterocycles. The van der Waals surface area contributed by atoms with Crippen molar-refractivity contribution < 1.29 is 9.68 Å². The van der Waals surface area contributed by atoms with Crippen molar-refractivity contribution in [2.75, 3.05) is 0 Å². The zero-order valence-electron chi connectivity index (χ0n) is 19.3. The molecule has 6 aromatic rings. The Morgan fingerprint density at radius 3 is 1.72 bits per heavy atom. The minimum absolute atomic E-state index is 0.368. The maximum atomic E-state index is 8.67. The maximum Gasteiger partial charge on any atom is 0.570 e. The molecule has 0 aliphatic rings. The number of benzene rings is 4. The molecular formula is C30H21BBrN2O2. The summed E-state index contributed by atoms with van der Waals surface area (Å²) in [5.41, 5.74) is 4.54. The lowest BCUT2D eigenvalue weighted by Gasteiger charge is -2.08. The van der Waals surface area contributed by atoms with Gasteiger partial charge in [-0.3, -0.25) is 0 Å². The number of fused-ring (bicyclic) bond motifs is 2. The smallest absolute Gasteiger partial charge is 0.523 e.